The summed E-state index contributed by atoms with van der Waals surface area (Å²) in [6, 6.07) is 5.72. The maximum absolute atomic E-state index is 3.78. The molecule has 0 aromatic carbocycles. The Morgan fingerprint density at radius 1 is 0.875 bits per heavy atom. The van der Waals surface area contributed by atoms with Crippen LogP contribution < -0.4 is 0 Å². The first-order valence-electron chi connectivity index (χ1n) is 1.85. The third-order valence-electron chi connectivity index (χ3n) is 0.566. The molecule has 0 N–H and O–H groups in total. The molecule has 1 aromatic rings. The zero-order valence-electron chi connectivity index (χ0n) is 4.67. The van der Waals surface area contributed by atoms with Crippen molar-refractivity contribution in [2.24, 2.45) is 0 Å². The average molecular weight is 286 g/mol. The van der Waals surface area contributed by atoms with Crippen LogP contribution in [0.25, 0.3) is 0 Å². The number of rotatable bonds is 0. The van der Waals surface area contributed by atoms with Crippen LogP contribution in [-0.2, 0) is 20.1 Å². The van der Waals surface area contributed by atoms with Crippen LogP contribution in [0.2, 0.25) is 0 Å². The third kappa shape index (κ3) is 3.97. The van der Waals surface area contributed by atoms with Gasteiger partial charge in [0, 0.05) is 32.5 Å². The van der Waals surface area contributed by atoms with E-state index in [4.69, 9.17) is 0 Å². The molecule has 0 saturated carbocycles. The molecule has 0 atom stereocenters. The van der Waals surface area contributed by atoms with Crippen LogP contribution in [0.5, 0.6) is 0 Å². The molecule has 1 aromatic heterocycles. The van der Waals surface area contributed by atoms with E-state index in [0.29, 0.717) is 0 Å². The Morgan fingerprint density at radius 2 is 1.38 bits per heavy atom. The molecule has 0 aliphatic rings. The molecule has 2 heteroatoms. The molecule has 1 rings (SSSR count). The van der Waals surface area contributed by atoms with Crippen LogP contribution in [0.3, 0.4) is 0 Å². The molecule has 8 heavy (non-hydrogen) atoms. The second kappa shape index (κ2) is 6.80. The fraction of sp³-hybridized carbons (Fsp3) is 0. The minimum Gasteiger partial charge on any atom is -0.358 e. The van der Waals surface area contributed by atoms with Crippen LogP contribution in [-0.4, -0.2) is 4.98 Å². The van der Waals surface area contributed by atoms with Crippen molar-refractivity contribution in [2.75, 3.05) is 0 Å². The summed E-state index contributed by atoms with van der Waals surface area (Å²) in [7, 11) is 0. The van der Waals surface area contributed by atoms with E-state index in [1.165, 1.54) is 0 Å². The summed E-state index contributed by atoms with van der Waals surface area (Å²) in [6.07, 6.45) is 3.50. The van der Waals surface area contributed by atoms with Crippen LogP contribution in [0.15, 0.2) is 30.6 Å². The summed E-state index contributed by atoms with van der Waals surface area (Å²) >= 11 is 0. The van der Waals surface area contributed by atoms with Gasteiger partial charge in [-0.05, 0) is 12.1 Å². The van der Waals surface area contributed by atoms with Crippen molar-refractivity contribution in [3.05, 3.63) is 38.0 Å². The molecule has 0 aliphatic carbocycles. The van der Waals surface area contributed by atoms with E-state index >= 15 is 0 Å². The molecule has 0 aliphatic heterocycles. The molecular formula is C6H8IrN-. The third-order valence-corrected chi connectivity index (χ3v) is 0.566. The normalized spacial score (nSPS) is 6.00. The minimum atomic E-state index is 0. The van der Waals surface area contributed by atoms with Crippen molar-refractivity contribution in [3.8, 4) is 0 Å². The predicted molar refractivity (Wildman–Crippen MR) is 30.7 cm³/mol. The fourth-order valence-corrected chi connectivity index (χ4v) is 0.313. The maximum atomic E-state index is 3.78. The zero-order valence-corrected chi connectivity index (χ0v) is 7.06. The number of hydrogen-bond acceptors (Lipinski definition) is 1. The van der Waals surface area contributed by atoms with Gasteiger partial charge in [0.2, 0.25) is 0 Å². The summed E-state index contributed by atoms with van der Waals surface area (Å²) in [4.78, 5) is 3.78. The molecule has 1 heterocycles. The molecule has 1 nitrogen and oxygen atoms in total. The smallest absolute Gasteiger partial charge is 0.0267 e. The molecule has 0 bridgehead atoms. The van der Waals surface area contributed by atoms with Crippen molar-refractivity contribution < 1.29 is 20.1 Å². The summed E-state index contributed by atoms with van der Waals surface area (Å²) in [6.45, 7) is 0. The van der Waals surface area contributed by atoms with Gasteiger partial charge in [0.15, 0.2) is 0 Å². The SMILES string of the molecule is [CH3-].[Ir].c1ccncc1. The summed E-state index contributed by atoms with van der Waals surface area (Å²) < 4.78 is 0. The van der Waals surface area contributed by atoms with Crippen molar-refractivity contribution in [2.45, 2.75) is 0 Å². The van der Waals surface area contributed by atoms with Gasteiger partial charge >= 0.3 is 0 Å². The number of hydrogen-bond donors (Lipinski definition) is 0. The summed E-state index contributed by atoms with van der Waals surface area (Å²) in [5, 5.41) is 0. The molecule has 0 saturated heterocycles. The van der Waals surface area contributed by atoms with Crippen molar-refractivity contribution in [3.63, 3.8) is 0 Å². The first-order chi connectivity index (χ1) is 3.00. The zero-order chi connectivity index (χ0) is 4.24. The number of aromatic nitrogens is 1. The molecule has 0 fully saturated rings. The second-order valence-electron chi connectivity index (χ2n) is 1.02. The molecular weight excluding hydrogens is 278 g/mol. The molecule has 0 spiro atoms. The Hall–Kier alpha value is -0.201. The summed E-state index contributed by atoms with van der Waals surface area (Å²) in [5.74, 6) is 0. The van der Waals surface area contributed by atoms with Gasteiger partial charge in [-0.2, -0.15) is 0 Å². The van der Waals surface area contributed by atoms with Gasteiger partial charge in [-0.1, -0.05) is 6.07 Å². The van der Waals surface area contributed by atoms with E-state index in [1.54, 1.807) is 12.4 Å². The van der Waals surface area contributed by atoms with Crippen LogP contribution >= 0.6 is 0 Å². The van der Waals surface area contributed by atoms with E-state index in [9.17, 15) is 0 Å². The van der Waals surface area contributed by atoms with Gasteiger partial charge in [0.25, 0.3) is 0 Å². The predicted octanol–water partition coefficient (Wildman–Crippen LogP) is 1.53. The van der Waals surface area contributed by atoms with Gasteiger partial charge in [0.05, 0.1) is 0 Å². The van der Waals surface area contributed by atoms with Gasteiger partial charge in [-0.25, -0.2) is 0 Å². The van der Waals surface area contributed by atoms with E-state index < -0.39 is 0 Å². The first-order valence-corrected chi connectivity index (χ1v) is 1.85. The number of pyridine rings is 1. The Kier molecular flexibility index (Phi) is 9.11. The Bertz CT molecular complexity index is 80.5. The van der Waals surface area contributed by atoms with E-state index in [1.807, 2.05) is 18.2 Å². The van der Waals surface area contributed by atoms with Crippen LogP contribution in [0.1, 0.15) is 0 Å². The summed E-state index contributed by atoms with van der Waals surface area (Å²) in [5.41, 5.74) is 0. The minimum absolute atomic E-state index is 0. The quantitative estimate of drug-likeness (QED) is 0.659. The van der Waals surface area contributed by atoms with Gasteiger partial charge < -0.3 is 7.43 Å². The van der Waals surface area contributed by atoms with Gasteiger partial charge in [0.1, 0.15) is 0 Å². The molecule has 1 radical (unpaired) electrons. The Labute approximate surface area is 63.5 Å². The van der Waals surface area contributed by atoms with Crippen LogP contribution in [0.4, 0.5) is 0 Å². The van der Waals surface area contributed by atoms with Crippen molar-refractivity contribution in [1.29, 1.82) is 0 Å². The average Bonchev–Trinajstić information content (AvgIpc) is 1.72. The Balaban J connectivity index is 0. The van der Waals surface area contributed by atoms with E-state index in [2.05, 4.69) is 4.98 Å². The monoisotopic (exact) mass is 287 g/mol. The molecule has 0 amide bonds. The van der Waals surface area contributed by atoms with Crippen molar-refractivity contribution >= 4 is 0 Å². The standard InChI is InChI=1S/C5H5N.CH3.Ir/c1-2-4-6-5-3-1;;/h1-5H;1H3;/q;-1;. The second-order valence-corrected chi connectivity index (χ2v) is 1.02. The Morgan fingerprint density at radius 3 is 1.50 bits per heavy atom. The van der Waals surface area contributed by atoms with Crippen LogP contribution in [0, 0.1) is 7.43 Å². The largest absolute Gasteiger partial charge is 0.358 e. The molecule has 0 unspecified atom stereocenters. The van der Waals surface area contributed by atoms with E-state index in [-0.39, 0.29) is 27.5 Å². The molecule has 47 valence electrons. The topological polar surface area (TPSA) is 12.9 Å². The maximum Gasteiger partial charge on any atom is 0.0267 e. The van der Waals surface area contributed by atoms with Gasteiger partial charge in [-0.15, -0.1) is 0 Å². The van der Waals surface area contributed by atoms with Gasteiger partial charge in [-0.3, -0.25) is 4.98 Å². The van der Waals surface area contributed by atoms with E-state index in [0.717, 1.165) is 0 Å². The fourth-order valence-electron chi connectivity index (χ4n) is 0.313. The number of nitrogens with zero attached hydrogens (tertiary/aromatic N) is 1. The van der Waals surface area contributed by atoms with Crippen molar-refractivity contribution in [1.82, 2.24) is 4.98 Å². The first kappa shape index (κ1) is 10.7.